The van der Waals surface area contributed by atoms with Crippen molar-refractivity contribution in [3.05, 3.63) is 71.3 Å². The predicted molar refractivity (Wildman–Crippen MR) is 96.0 cm³/mol. The third kappa shape index (κ3) is 5.00. The molecule has 2 aromatic carbocycles. The van der Waals surface area contributed by atoms with Crippen LogP contribution in [0.5, 0.6) is 0 Å². The Morgan fingerprint density at radius 3 is 2.23 bits per heavy atom. The highest BCUT2D eigenvalue weighted by molar-refractivity contribution is 5.94. The maximum atomic E-state index is 12.3. The summed E-state index contributed by atoms with van der Waals surface area (Å²) >= 11 is 0. The van der Waals surface area contributed by atoms with Gasteiger partial charge >= 0.3 is 5.97 Å². The van der Waals surface area contributed by atoms with Gasteiger partial charge < -0.3 is 20.3 Å². The van der Waals surface area contributed by atoms with Crippen LogP contribution in [0.25, 0.3) is 0 Å². The number of rotatable bonds is 8. The molecule has 2 rings (SSSR count). The highest BCUT2D eigenvalue weighted by Crippen LogP contribution is 2.15. The third-order valence-electron chi connectivity index (χ3n) is 4.15. The number of carbonyl (C=O) groups excluding carboxylic acids is 2. The number of benzene rings is 2. The minimum absolute atomic E-state index is 0.141. The van der Waals surface area contributed by atoms with Crippen LogP contribution in [0.2, 0.25) is 0 Å². The maximum absolute atomic E-state index is 12.3. The van der Waals surface area contributed by atoms with Crippen molar-refractivity contribution in [1.29, 1.82) is 0 Å². The molecule has 0 saturated heterocycles. The Balaban J connectivity index is 2.16. The molecule has 2 aromatic rings. The lowest BCUT2D eigenvalue weighted by Crippen LogP contribution is -2.48. The Bertz CT molecular complexity index is 758. The van der Waals surface area contributed by atoms with Crippen molar-refractivity contribution in [1.82, 2.24) is 5.32 Å². The second-order valence-corrected chi connectivity index (χ2v) is 6.10. The normalized spacial score (nSPS) is 14.1. The Morgan fingerprint density at radius 2 is 1.69 bits per heavy atom. The summed E-state index contributed by atoms with van der Waals surface area (Å²) < 4.78 is 0. The first-order valence-corrected chi connectivity index (χ1v) is 8.23. The Labute approximate surface area is 151 Å². The summed E-state index contributed by atoms with van der Waals surface area (Å²) in [6.07, 6.45) is -0.760. The number of aldehydes is 1. The summed E-state index contributed by atoms with van der Waals surface area (Å²) in [5, 5.41) is 21.7. The number of nitrogens with one attached hydrogen (secondary N) is 1. The molecule has 0 aromatic heterocycles. The van der Waals surface area contributed by atoms with Gasteiger partial charge in [0, 0.05) is 11.5 Å². The molecule has 1 amide bonds. The minimum Gasteiger partial charge on any atom is -0.479 e. The van der Waals surface area contributed by atoms with E-state index >= 15 is 0 Å². The van der Waals surface area contributed by atoms with E-state index in [-0.39, 0.29) is 12.3 Å². The summed E-state index contributed by atoms with van der Waals surface area (Å²) in [6, 6.07) is 14.4. The zero-order valence-electron chi connectivity index (χ0n) is 14.3. The predicted octanol–water partition coefficient (Wildman–Crippen LogP) is 1.78. The van der Waals surface area contributed by atoms with Gasteiger partial charge in [-0.15, -0.1) is 0 Å². The van der Waals surface area contributed by atoms with E-state index in [1.165, 1.54) is 0 Å². The number of carboxylic acid groups (broad SMARTS) is 1. The van der Waals surface area contributed by atoms with Crippen molar-refractivity contribution >= 4 is 18.2 Å². The maximum Gasteiger partial charge on any atom is 0.334 e. The number of carboxylic acids is 1. The van der Waals surface area contributed by atoms with Gasteiger partial charge in [0.1, 0.15) is 6.29 Å². The molecule has 0 heterocycles. The van der Waals surface area contributed by atoms with Crippen LogP contribution in [0.15, 0.2) is 54.6 Å². The molecule has 0 fully saturated rings. The van der Waals surface area contributed by atoms with Gasteiger partial charge in [-0.05, 0) is 29.7 Å². The highest BCUT2D eigenvalue weighted by Gasteiger charge is 2.28. The molecule has 0 spiro atoms. The van der Waals surface area contributed by atoms with Crippen LogP contribution in [0, 0.1) is 0 Å². The van der Waals surface area contributed by atoms with Crippen LogP contribution in [-0.2, 0) is 16.0 Å². The van der Waals surface area contributed by atoms with Gasteiger partial charge in [0.15, 0.2) is 6.10 Å². The van der Waals surface area contributed by atoms with Crippen LogP contribution in [0.4, 0.5) is 0 Å². The molecule has 6 heteroatoms. The lowest BCUT2D eigenvalue weighted by Gasteiger charge is -2.22. The van der Waals surface area contributed by atoms with Crippen LogP contribution in [-0.4, -0.2) is 40.5 Å². The minimum atomic E-state index is -1.74. The topological polar surface area (TPSA) is 104 Å². The first kappa shape index (κ1) is 19.3. The zero-order valence-corrected chi connectivity index (χ0v) is 14.3. The second kappa shape index (κ2) is 8.92. The van der Waals surface area contributed by atoms with Gasteiger partial charge in [-0.1, -0.05) is 49.4 Å². The molecule has 0 radical (unpaired) electrons. The second-order valence-electron chi connectivity index (χ2n) is 6.10. The fraction of sp³-hybridized carbons (Fsp3) is 0.250. The number of amides is 1. The zero-order chi connectivity index (χ0) is 19.1. The first-order valence-electron chi connectivity index (χ1n) is 8.23. The van der Waals surface area contributed by atoms with Crippen LogP contribution in [0.3, 0.4) is 0 Å². The molecule has 3 N–H and O–H groups in total. The van der Waals surface area contributed by atoms with E-state index in [0.29, 0.717) is 5.56 Å². The molecule has 0 aliphatic carbocycles. The van der Waals surface area contributed by atoms with Crippen LogP contribution >= 0.6 is 0 Å². The van der Waals surface area contributed by atoms with Crippen molar-refractivity contribution in [2.24, 2.45) is 0 Å². The van der Waals surface area contributed by atoms with Gasteiger partial charge in [-0.3, -0.25) is 4.79 Å². The van der Waals surface area contributed by atoms with E-state index in [1.54, 1.807) is 61.5 Å². The van der Waals surface area contributed by atoms with Crippen molar-refractivity contribution in [2.45, 2.75) is 31.4 Å². The van der Waals surface area contributed by atoms with Crippen molar-refractivity contribution in [3.8, 4) is 0 Å². The average Bonchev–Trinajstić information content (AvgIpc) is 2.67. The standard InChI is InChI=1S/C20H21NO5/c1-13(12-22)15-9-7-14(8-10-15)11-17(18(23)20(25)26)21-19(24)16-5-3-2-4-6-16/h2-10,12-13,17-18,23H,11H2,1H3,(H,21,24)(H,25,26). The van der Waals surface area contributed by atoms with Crippen LogP contribution in [0.1, 0.15) is 34.3 Å². The van der Waals surface area contributed by atoms with Crippen LogP contribution < -0.4 is 5.32 Å². The summed E-state index contributed by atoms with van der Waals surface area (Å²) in [6.45, 7) is 1.78. The van der Waals surface area contributed by atoms with Gasteiger partial charge in [0.05, 0.1) is 6.04 Å². The van der Waals surface area contributed by atoms with Gasteiger partial charge in [0.2, 0.25) is 0 Å². The SMILES string of the molecule is CC(C=O)c1ccc(CC(NC(=O)c2ccccc2)C(O)C(=O)O)cc1. The van der Waals surface area contributed by atoms with E-state index in [2.05, 4.69) is 5.32 Å². The number of hydrogen-bond donors (Lipinski definition) is 3. The molecule has 0 aliphatic heterocycles. The largest absolute Gasteiger partial charge is 0.479 e. The number of aliphatic hydroxyl groups excluding tert-OH is 1. The monoisotopic (exact) mass is 355 g/mol. The molecule has 0 bridgehead atoms. The molecule has 0 aliphatic rings. The summed E-state index contributed by atoms with van der Waals surface area (Å²) in [5.41, 5.74) is 1.96. The molecule has 26 heavy (non-hydrogen) atoms. The number of aliphatic hydroxyl groups is 1. The lowest BCUT2D eigenvalue weighted by atomic mass is 9.96. The van der Waals surface area contributed by atoms with E-state index in [1.807, 2.05) is 0 Å². The molecule has 6 nitrogen and oxygen atoms in total. The van der Waals surface area contributed by atoms with E-state index in [4.69, 9.17) is 5.11 Å². The average molecular weight is 355 g/mol. The van der Waals surface area contributed by atoms with Crippen molar-refractivity contribution < 1.29 is 24.6 Å². The Kier molecular flexibility index (Phi) is 6.63. The summed E-state index contributed by atoms with van der Waals surface area (Å²) in [5.74, 6) is -2.10. The number of carbonyl (C=O) groups is 3. The molecule has 3 atom stereocenters. The first-order chi connectivity index (χ1) is 12.4. The summed E-state index contributed by atoms with van der Waals surface area (Å²) in [7, 11) is 0. The van der Waals surface area contributed by atoms with Gasteiger partial charge in [-0.2, -0.15) is 0 Å². The Morgan fingerprint density at radius 1 is 1.08 bits per heavy atom. The number of hydrogen-bond acceptors (Lipinski definition) is 4. The fourth-order valence-electron chi connectivity index (χ4n) is 2.54. The van der Waals surface area contributed by atoms with E-state index in [0.717, 1.165) is 17.4 Å². The lowest BCUT2D eigenvalue weighted by molar-refractivity contribution is -0.148. The highest BCUT2D eigenvalue weighted by atomic mass is 16.4. The summed E-state index contributed by atoms with van der Waals surface area (Å²) in [4.78, 5) is 34.3. The van der Waals surface area contributed by atoms with Crippen molar-refractivity contribution in [2.75, 3.05) is 0 Å². The number of aliphatic carboxylic acids is 1. The molecule has 136 valence electrons. The third-order valence-corrected chi connectivity index (χ3v) is 4.15. The van der Waals surface area contributed by atoms with Gasteiger partial charge in [-0.25, -0.2) is 4.79 Å². The smallest absolute Gasteiger partial charge is 0.334 e. The molecular weight excluding hydrogens is 334 g/mol. The Hall–Kier alpha value is -2.99. The quantitative estimate of drug-likeness (QED) is 0.626. The molecule has 3 unspecified atom stereocenters. The van der Waals surface area contributed by atoms with Gasteiger partial charge in [0.25, 0.3) is 5.91 Å². The van der Waals surface area contributed by atoms with E-state index < -0.39 is 24.0 Å². The fourth-order valence-corrected chi connectivity index (χ4v) is 2.54. The van der Waals surface area contributed by atoms with E-state index in [9.17, 15) is 19.5 Å². The molecule has 0 saturated carbocycles. The molecular formula is C20H21NO5. The van der Waals surface area contributed by atoms with Crippen molar-refractivity contribution in [3.63, 3.8) is 0 Å².